The maximum absolute atomic E-state index is 11.5. The van der Waals surface area contributed by atoms with Gasteiger partial charge in [0.05, 0.1) is 28.4 Å². The van der Waals surface area contributed by atoms with E-state index < -0.39 is 6.04 Å². The Hall–Kier alpha value is -1.95. The lowest BCUT2D eigenvalue weighted by atomic mass is 10.1. The number of hydrogen-bond donors (Lipinski definition) is 1. The van der Waals surface area contributed by atoms with Gasteiger partial charge in [-0.15, -0.1) is 0 Å². The molecule has 21 heavy (non-hydrogen) atoms. The number of benzene rings is 1. The lowest BCUT2D eigenvalue weighted by Gasteiger charge is -2.21. The number of nitrogens with one attached hydrogen (secondary N) is 1. The fourth-order valence-electron chi connectivity index (χ4n) is 2.07. The van der Waals surface area contributed by atoms with Crippen LogP contribution in [0, 0.1) is 0 Å². The maximum atomic E-state index is 11.5. The van der Waals surface area contributed by atoms with Crippen molar-refractivity contribution in [1.82, 2.24) is 5.32 Å². The van der Waals surface area contributed by atoms with E-state index in [-0.39, 0.29) is 12.0 Å². The van der Waals surface area contributed by atoms with Gasteiger partial charge in [-0.3, -0.25) is 10.1 Å². The van der Waals surface area contributed by atoms with Crippen LogP contribution in [0.5, 0.6) is 17.2 Å². The summed E-state index contributed by atoms with van der Waals surface area (Å²) in [6, 6.07) is 3.20. The van der Waals surface area contributed by atoms with Gasteiger partial charge in [0.25, 0.3) is 0 Å². The van der Waals surface area contributed by atoms with Gasteiger partial charge in [0.2, 0.25) is 5.75 Å². The molecule has 0 amide bonds. The summed E-state index contributed by atoms with van der Waals surface area (Å²) in [5, 5.41) is 3.16. The van der Waals surface area contributed by atoms with Crippen LogP contribution in [0.25, 0.3) is 0 Å². The highest BCUT2D eigenvalue weighted by molar-refractivity contribution is 5.75. The van der Waals surface area contributed by atoms with Crippen molar-refractivity contribution in [3.05, 3.63) is 17.7 Å². The normalized spacial score (nSPS) is 13.2. The molecular formula is C15H23NO5. The van der Waals surface area contributed by atoms with Gasteiger partial charge in [0.1, 0.15) is 6.04 Å². The topological polar surface area (TPSA) is 66.0 Å². The van der Waals surface area contributed by atoms with Crippen LogP contribution in [-0.2, 0) is 9.53 Å². The molecule has 0 spiro atoms. The molecular weight excluding hydrogens is 274 g/mol. The lowest BCUT2D eigenvalue weighted by Crippen LogP contribution is -2.36. The number of methoxy groups -OCH3 is 4. The van der Waals surface area contributed by atoms with Crippen LogP contribution in [0.3, 0.4) is 0 Å². The first-order chi connectivity index (χ1) is 9.98. The van der Waals surface area contributed by atoms with Crippen molar-refractivity contribution in [2.45, 2.75) is 25.9 Å². The SMILES string of the molecule is COC(=O)C(C)NC(C)c1cc(OC)c(OC)c(OC)c1. The van der Waals surface area contributed by atoms with Crippen molar-refractivity contribution < 1.29 is 23.7 Å². The Labute approximate surface area is 125 Å². The minimum Gasteiger partial charge on any atom is -0.493 e. The molecule has 0 radical (unpaired) electrons. The van der Waals surface area contributed by atoms with Crippen LogP contribution in [-0.4, -0.2) is 40.5 Å². The summed E-state index contributed by atoms with van der Waals surface area (Å²) in [6.45, 7) is 3.69. The molecule has 1 aromatic rings. The zero-order valence-corrected chi connectivity index (χ0v) is 13.4. The highest BCUT2D eigenvalue weighted by Crippen LogP contribution is 2.39. The molecule has 0 aliphatic rings. The molecule has 118 valence electrons. The molecule has 0 bridgehead atoms. The molecule has 0 fully saturated rings. The highest BCUT2D eigenvalue weighted by atomic mass is 16.5. The number of rotatable bonds is 7. The van der Waals surface area contributed by atoms with E-state index >= 15 is 0 Å². The number of ether oxygens (including phenoxy) is 4. The fourth-order valence-corrected chi connectivity index (χ4v) is 2.07. The van der Waals surface area contributed by atoms with Gasteiger partial charge in [-0.1, -0.05) is 0 Å². The van der Waals surface area contributed by atoms with Gasteiger partial charge in [0.15, 0.2) is 11.5 Å². The summed E-state index contributed by atoms with van der Waals surface area (Å²) in [5.41, 5.74) is 0.917. The van der Waals surface area contributed by atoms with E-state index in [1.54, 1.807) is 28.3 Å². The second-order valence-electron chi connectivity index (χ2n) is 4.59. The van der Waals surface area contributed by atoms with Crippen LogP contribution < -0.4 is 19.5 Å². The molecule has 1 N–H and O–H groups in total. The van der Waals surface area contributed by atoms with Crippen molar-refractivity contribution >= 4 is 5.97 Å². The Bertz CT molecular complexity index is 464. The lowest BCUT2D eigenvalue weighted by molar-refractivity contribution is -0.142. The number of carbonyl (C=O) groups excluding carboxylic acids is 1. The van der Waals surface area contributed by atoms with E-state index in [2.05, 4.69) is 5.32 Å². The molecule has 0 saturated carbocycles. The molecule has 1 rings (SSSR count). The van der Waals surface area contributed by atoms with Gasteiger partial charge < -0.3 is 18.9 Å². The first kappa shape index (κ1) is 17.1. The molecule has 2 atom stereocenters. The van der Waals surface area contributed by atoms with E-state index in [4.69, 9.17) is 18.9 Å². The van der Waals surface area contributed by atoms with E-state index in [9.17, 15) is 4.79 Å². The minimum atomic E-state index is -0.413. The van der Waals surface area contributed by atoms with Gasteiger partial charge in [0, 0.05) is 6.04 Å². The molecule has 6 nitrogen and oxygen atoms in total. The predicted octanol–water partition coefficient (Wildman–Crippen LogP) is 1.92. The zero-order valence-electron chi connectivity index (χ0n) is 13.4. The molecule has 2 unspecified atom stereocenters. The first-order valence-corrected chi connectivity index (χ1v) is 6.62. The van der Waals surface area contributed by atoms with E-state index in [1.807, 2.05) is 19.1 Å². The Kier molecular flexibility index (Phi) is 6.30. The average Bonchev–Trinajstić information content (AvgIpc) is 2.51. The summed E-state index contributed by atoms with van der Waals surface area (Å²) in [7, 11) is 6.05. The van der Waals surface area contributed by atoms with Crippen LogP contribution in [0.15, 0.2) is 12.1 Å². The third-order valence-electron chi connectivity index (χ3n) is 3.24. The summed E-state index contributed by atoms with van der Waals surface area (Å²) >= 11 is 0. The molecule has 0 aliphatic heterocycles. The third-order valence-corrected chi connectivity index (χ3v) is 3.24. The van der Waals surface area contributed by atoms with Crippen molar-refractivity contribution in [3.63, 3.8) is 0 Å². The zero-order chi connectivity index (χ0) is 16.0. The van der Waals surface area contributed by atoms with Crippen molar-refractivity contribution in [3.8, 4) is 17.2 Å². The quantitative estimate of drug-likeness (QED) is 0.776. The van der Waals surface area contributed by atoms with Crippen molar-refractivity contribution in [2.75, 3.05) is 28.4 Å². The minimum absolute atomic E-state index is 0.0900. The molecule has 0 saturated heterocycles. The van der Waals surface area contributed by atoms with Crippen molar-refractivity contribution in [2.24, 2.45) is 0 Å². The third kappa shape index (κ3) is 4.01. The Morgan fingerprint density at radius 1 is 1.00 bits per heavy atom. The largest absolute Gasteiger partial charge is 0.493 e. The second-order valence-corrected chi connectivity index (χ2v) is 4.59. The van der Waals surface area contributed by atoms with Gasteiger partial charge >= 0.3 is 5.97 Å². The molecule has 0 heterocycles. The Morgan fingerprint density at radius 3 is 1.90 bits per heavy atom. The van der Waals surface area contributed by atoms with E-state index in [0.717, 1.165) is 5.56 Å². The van der Waals surface area contributed by atoms with Crippen LogP contribution in [0.4, 0.5) is 0 Å². The van der Waals surface area contributed by atoms with E-state index in [0.29, 0.717) is 17.2 Å². The predicted molar refractivity (Wildman–Crippen MR) is 79.1 cm³/mol. The molecule has 6 heteroatoms. The fraction of sp³-hybridized carbons (Fsp3) is 0.533. The standard InChI is InChI=1S/C15H23NO5/c1-9(16-10(2)15(17)21-6)11-7-12(18-3)14(20-5)13(8-11)19-4/h7-10,16H,1-6H3. The summed E-state index contributed by atoms with van der Waals surface area (Å²) in [5.74, 6) is 1.38. The Morgan fingerprint density at radius 2 is 1.52 bits per heavy atom. The molecule has 0 aliphatic carbocycles. The van der Waals surface area contributed by atoms with Gasteiger partial charge in [-0.2, -0.15) is 0 Å². The van der Waals surface area contributed by atoms with Gasteiger partial charge in [-0.05, 0) is 31.5 Å². The molecule has 0 aromatic heterocycles. The smallest absolute Gasteiger partial charge is 0.322 e. The first-order valence-electron chi connectivity index (χ1n) is 6.62. The summed E-state index contributed by atoms with van der Waals surface area (Å²) in [4.78, 5) is 11.5. The second kappa shape index (κ2) is 7.73. The van der Waals surface area contributed by atoms with E-state index in [1.165, 1.54) is 7.11 Å². The van der Waals surface area contributed by atoms with Crippen molar-refractivity contribution in [1.29, 1.82) is 0 Å². The van der Waals surface area contributed by atoms with Crippen LogP contribution >= 0.6 is 0 Å². The Balaban J connectivity index is 3.04. The average molecular weight is 297 g/mol. The number of esters is 1. The summed E-state index contributed by atoms with van der Waals surface area (Å²) < 4.78 is 20.6. The van der Waals surface area contributed by atoms with Gasteiger partial charge in [-0.25, -0.2) is 0 Å². The van der Waals surface area contributed by atoms with Crippen LogP contribution in [0.1, 0.15) is 25.5 Å². The monoisotopic (exact) mass is 297 g/mol. The summed E-state index contributed by atoms with van der Waals surface area (Å²) in [6.07, 6.45) is 0. The van der Waals surface area contributed by atoms with Crippen LogP contribution in [0.2, 0.25) is 0 Å². The number of hydrogen-bond acceptors (Lipinski definition) is 6. The highest BCUT2D eigenvalue weighted by Gasteiger charge is 2.20. The number of carbonyl (C=O) groups is 1. The molecule has 1 aromatic carbocycles. The maximum Gasteiger partial charge on any atom is 0.322 e.